The van der Waals surface area contributed by atoms with Crippen LogP contribution < -0.4 is 0 Å². The van der Waals surface area contributed by atoms with Crippen LogP contribution in [-0.4, -0.2) is 18.6 Å². The Kier molecular flexibility index (Phi) is 6.64. The van der Waals surface area contributed by atoms with Gasteiger partial charge in [-0.2, -0.15) is 0 Å². The van der Waals surface area contributed by atoms with Crippen molar-refractivity contribution in [2.24, 2.45) is 0 Å². The predicted octanol–water partition coefficient (Wildman–Crippen LogP) is 7.12. The molecule has 0 unspecified atom stereocenters. The van der Waals surface area contributed by atoms with Gasteiger partial charge >= 0.3 is 0 Å². The minimum atomic E-state index is -4.05. The molecule has 0 aliphatic rings. The Morgan fingerprint density at radius 1 is 0.485 bits per heavy atom. The zero-order valence-corrected chi connectivity index (χ0v) is 23.2. The average Bonchev–Trinajstić information content (AvgIpc) is 2.56. The van der Waals surface area contributed by atoms with E-state index in [1.807, 2.05) is 83.1 Å². The van der Waals surface area contributed by atoms with Crippen molar-refractivity contribution in [2.75, 3.05) is 0 Å². The van der Waals surface area contributed by atoms with E-state index < -0.39 is 31.5 Å². The molecule has 0 saturated carbocycles. The average molecular weight is 475 g/mol. The standard InChI is InChI=1S/C28H42O4S/c1-25(2,3)19-13-17(29)14-20(26(4,5)6)23(19)33(31,32)24-21(27(7,8)9)15-18(30)16-22(24)28(10,11)12/h13-16,29-30H,1-12H3. The molecule has 0 spiro atoms. The number of phenols is 2. The van der Waals surface area contributed by atoms with Crippen LogP contribution in [0.15, 0.2) is 34.1 Å². The maximum Gasteiger partial charge on any atom is 0.207 e. The third-order valence-corrected chi connectivity index (χ3v) is 7.87. The van der Waals surface area contributed by atoms with E-state index in [0.29, 0.717) is 22.3 Å². The first-order chi connectivity index (χ1) is 14.5. The zero-order chi connectivity index (χ0) is 25.9. The van der Waals surface area contributed by atoms with Gasteiger partial charge in [0.15, 0.2) is 0 Å². The SMILES string of the molecule is CC(C)(C)c1cc(O)cc(C(C)(C)C)c1S(=O)(=O)c1c(C(C)(C)C)cc(O)cc1C(C)(C)C. The molecule has 2 N–H and O–H groups in total. The lowest BCUT2D eigenvalue weighted by Gasteiger charge is -2.34. The molecule has 4 nitrogen and oxygen atoms in total. The number of hydrogen-bond donors (Lipinski definition) is 2. The molecule has 0 radical (unpaired) electrons. The van der Waals surface area contributed by atoms with Gasteiger partial charge in [-0.25, -0.2) is 8.42 Å². The number of sulfone groups is 1. The monoisotopic (exact) mass is 474 g/mol. The molecule has 0 heterocycles. The fraction of sp³-hybridized carbons (Fsp3) is 0.571. The first-order valence-corrected chi connectivity index (χ1v) is 13.0. The summed E-state index contributed by atoms with van der Waals surface area (Å²) in [6.07, 6.45) is 0. The van der Waals surface area contributed by atoms with Gasteiger partial charge in [-0.3, -0.25) is 0 Å². The lowest BCUT2D eigenvalue weighted by Crippen LogP contribution is -2.28. The molecule has 0 bridgehead atoms. The summed E-state index contributed by atoms with van der Waals surface area (Å²) in [7, 11) is -4.05. The van der Waals surface area contributed by atoms with E-state index in [0.717, 1.165) is 0 Å². The molecule has 0 fully saturated rings. The zero-order valence-electron chi connectivity index (χ0n) is 22.4. The van der Waals surface area contributed by atoms with Crippen molar-refractivity contribution in [3.8, 4) is 11.5 Å². The van der Waals surface area contributed by atoms with Gasteiger partial charge in [-0.1, -0.05) is 83.1 Å². The van der Waals surface area contributed by atoms with Crippen LogP contribution >= 0.6 is 0 Å². The van der Waals surface area contributed by atoms with Crippen molar-refractivity contribution >= 4 is 9.84 Å². The largest absolute Gasteiger partial charge is 0.508 e. The summed E-state index contributed by atoms with van der Waals surface area (Å²) < 4.78 is 29.5. The van der Waals surface area contributed by atoms with Gasteiger partial charge in [0, 0.05) is 0 Å². The van der Waals surface area contributed by atoms with Crippen molar-refractivity contribution in [2.45, 2.75) is 115 Å². The number of rotatable bonds is 2. The number of hydrogen-bond acceptors (Lipinski definition) is 4. The summed E-state index contributed by atoms with van der Waals surface area (Å²) in [6, 6.07) is 6.32. The van der Waals surface area contributed by atoms with Crippen molar-refractivity contribution in [1.29, 1.82) is 0 Å². The Labute approximate surface area is 201 Å². The van der Waals surface area contributed by atoms with Gasteiger partial charge in [0.2, 0.25) is 9.84 Å². The first-order valence-electron chi connectivity index (χ1n) is 11.5. The molecular weight excluding hydrogens is 432 g/mol. The summed E-state index contributed by atoms with van der Waals surface area (Å²) in [5, 5.41) is 21.1. The van der Waals surface area contributed by atoms with E-state index in [4.69, 9.17) is 0 Å². The molecule has 0 aliphatic carbocycles. The molecule has 33 heavy (non-hydrogen) atoms. The highest BCUT2D eigenvalue weighted by molar-refractivity contribution is 7.91. The lowest BCUT2D eigenvalue weighted by atomic mass is 9.80. The molecule has 5 heteroatoms. The van der Waals surface area contributed by atoms with Crippen LogP contribution in [0.4, 0.5) is 0 Å². The smallest absolute Gasteiger partial charge is 0.207 e. The normalized spacial score (nSPS) is 13.9. The summed E-state index contributed by atoms with van der Waals surface area (Å²) in [4.78, 5) is 0.504. The molecule has 2 rings (SSSR count). The van der Waals surface area contributed by atoms with Crippen LogP contribution in [-0.2, 0) is 31.5 Å². The van der Waals surface area contributed by atoms with Crippen LogP contribution in [0.25, 0.3) is 0 Å². The molecule has 0 amide bonds. The second-order valence-corrected chi connectivity index (χ2v) is 15.1. The van der Waals surface area contributed by atoms with E-state index in [1.165, 1.54) is 0 Å². The molecule has 0 aromatic heterocycles. The minimum absolute atomic E-state index is 0.0570. The predicted molar refractivity (Wildman–Crippen MR) is 136 cm³/mol. The Hall–Kier alpha value is -2.01. The van der Waals surface area contributed by atoms with Crippen molar-refractivity contribution in [1.82, 2.24) is 0 Å². The van der Waals surface area contributed by atoms with Gasteiger partial charge in [-0.15, -0.1) is 0 Å². The molecule has 0 saturated heterocycles. The summed E-state index contributed by atoms with van der Waals surface area (Å²) in [6.45, 7) is 23.5. The molecule has 184 valence electrons. The topological polar surface area (TPSA) is 74.6 Å². The van der Waals surface area contributed by atoms with E-state index in [1.54, 1.807) is 24.3 Å². The molecule has 0 atom stereocenters. The number of phenolic OH excluding ortho intramolecular Hbond substituents is 2. The van der Waals surface area contributed by atoms with E-state index >= 15 is 0 Å². The second kappa shape index (κ2) is 8.04. The Morgan fingerprint density at radius 3 is 0.818 bits per heavy atom. The summed E-state index contributed by atoms with van der Waals surface area (Å²) >= 11 is 0. The number of benzene rings is 2. The van der Waals surface area contributed by atoms with Crippen molar-refractivity contribution in [3.63, 3.8) is 0 Å². The third-order valence-electron chi connectivity index (χ3n) is 5.92. The van der Waals surface area contributed by atoms with Crippen LogP contribution in [0.1, 0.15) is 105 Å². The maximum absolute atomic E-state index is 14.8. The minimum Gasteiger partial charge on any atom is -0.508 e. The van der Waals surface area contributed by atoms with E-state index in [-0.39, 0.29) is 21.3 Å². The second-order valence-electron chi connectivity index (χ2n) is 13.2. The Bertz CT molecular complexity index is 1000. The quantitative estimate of drug-likeness (QED) is 0.486. The van der Waals surface area contributed by atoms with Gasteiger partial charge in [-0.05, 0) is 68.2 Å². The van der Waals surface area contributed by atoms with Gasteiger partial charge in [0.25, 0.3) is 0 Å². The van der Waals surface area contributed by atoms with Crippen molar-refractivity contribution < 1.29 is 18.6 Å². The van der Waals surface area contributed by atoms with E-state index in [9.17, 15) is 18.6 Å². The summed E-state index contributed by atoms with van der Waals surface area (Å²) in [5.74, 6) is 0.114. The highest BCUT2D eigenvalue weighted by Crippen LogP contribution is 2.47. The molecule has 2 aromatic carbocycles. The molecule has 0 aliphatic heterocycles. The molecular formula is C28H42O4S. The maximum atomic E-state index is 14.8. The van der Waals surface area contributed by atoms with Gasteiger partial charge in [0.05, 0.1) is 9.79 Å². The van der Waals surface area contributed by atoms with Crippen molar-refractivity contribution in [3.05, 3.63) is 46.5 Å². The van der Waals surface area contributed by atoms with Crippen LogP contribution in [0.2, 0.25) is 0 Å². The number of aromatic hydroxyl groups is 2. The fourth-order valence-electron chi connectivity index (χ4n) is 4.14. The highest BCUT2D eigenvalue weighted by Gasteiger charge is 2.40. The third kappa shape index (κ3) is 5.40. The highest BCUT2D eigenvalue weighted by atomic mass is 32.2. The molecule has 2 aromatic rings. The van der Waals surface area contributed by atoms with Crippen LogP contribution in [0.3, 0.4) is 0 Å². The van der Waals surface area contributed by atoms with Crippen LogP contribution in [0, 0.1) is 0 Å². The fourth-order valence-corrected chi connectivity index (χ4v) is 6.96. The van der Waals surface area contributed by atoms with E-state index in [2.05, 4.69) is 0 Å². The lowest BCUT2D eigenvalue weighted by molar-refractivity contribution is 0.457. The Balaban J connectivity index is 3.26. The van der Waals surface area contributed by atoms with Gasteiger partial charge in [0.1, 0.15) is 11.5 Å². The first kappa shape index (κ1) is 27.2. The Morgan fingerprint density at radius 2 is 0.667 bits per heavy atom. The van der Waals surface area contributed by atoms with Crippen LogP contribution in [0.5, 0.6) is 11.5 Å². The summed E-state index contributed by atoms with van der Waals surface area (Å²) in [5.41, 5.74) is 0.230. The van der Waals surface area contributed by atoms with Gasteiger partial charge < -0.3 is 10.2 Å².